The van der Waals surface area contributed by atoms with E-state index in [-0.39, 0.29) is 5.60 Å². The van der Waals surface area contributed by atoms with Crippen LogP contribution in [0.2, 0.25) is 0 Å². The third kappa shape index (κ3) is 1.48. The standard InChI is InChI=1S/C15H24O/c1-10-7-8-15(9-12(10)15)11(2)5-6-13-14(3,4)16-13/h7,11-13H,5-6,8-9H2,1-4H3/t11-,12-,13+,15+/m1/s1. The molecule has 1 nitrogen and oxygen atoms in total. The molecule has 16 heavy (non-hydrogen) atoms. The van der Waals surface area contributed by atoms with Crippen LogP contribution in [0.3, 0.4) is 0 Å². The number of fused-ring (bicyclic) bond motifs is 1. The van der Waals surface area contributed by atoms with Crippen molar-refractivity contribution >= 4 is 0 Å². The molecule has 1 saturated carbocycles. The molecular formula is C15H24O. The summed E-state index contributed by atoms with van der Waals surface area (Å²) in [7, 11) is 0. The van der Waals surface area contributed by atoms with Crippen molar-refractivity contribution in [1.29, 1.82) is 0 Å². The lowest BCUT2D eigenvalue weighted by atomic mass is 9.83. The number of ether oxygens (including phenoxy) is 1. The fourth-order valence-electron chi connectivity index (χ4n) is 3.83. The minimum absolute atomic E-state index is 0.185. The van der Waals surface area contributed by atoms with E-state index in [9.17, 15) is 0 Å². The third-order valence-electron chi connectivity index (χ3n) is 5.48. The van der Waals surface area contributed by atoms with Crippen LogP contribution in [0.25, 0.3) is 0 Å². The average Bonchev–Trinajstić information content (AvgIpc) is 3.06. The number of rotatable bonds is 4. The second-order valence-corrected chi connectivity index (χ2v) is 6.83. The second kappa shape index (κ2) is 3.13. The summed E-state index contributed by atoms with van der Waals surface area (Å²) in [6, 6.07) is 0. The molecule has 1 heteroatoms. The largest absolute Gasteiger partial charge is 0.367 e. The zero-order valence-electron chi connectivity index (χ0n) is 11.0. The Kier molecular flexibility index (Phi) is 2.12. The maximum Gasteiger partial charge on any atom is 0.0892 e. The van der Waals surface area contributed by atoms with E-state index in [0.29, 0.717) is 11.5 Å². The Bertz CT molecular complexity index is 341. The fourth-order valence-corrected chi connectivity index (χ4v) is 3.83. The van der Waals surface area contributed by atoms with Crippen LogP contribution in [0.5, 0.6) is 0 Å². The van der Waals surface area contributed by atoms with Crippen LogP contribution in [0.15, 0.2) is 11.6 Å². The first kappa shape index (κ1) is 10.8. The van der Waals surface area contributed by atoms with Crippen molar-refractivity contribution in [2.45, 2.75) is 65.1 Å². The van der Waals surface area contributed by atoms with Crippen molar-refractivity contribution in [3.63, 3.8) is 0 Å². The molecule has 3 rings (SSSR count). The fraction of sp³-hybridized carbons (Fsp3) is 0.867. The normalized spacial score (nSPS) is 44.9. The van der Waals surface area contributed by atoms with E-state index in [4.69, 9.17) is 4.74 Å². The monoisotopic (exact) mass is 220 g/mol. The van der Waals surface area contributed by atoms with Crippen LogP contribution in [0.1, 0.15) is 53.4 Å². The summed E-state index contributed by atoms with van der Waals surface area (Å²) in [5.41, 5.74) is 2.53. The molecule has 90 valence electrons. The van der Waals surface area contributed by atoms with Gasteiger partial charge < -0.3 is 4.74 Å². The summed E-state index contributed by atoms with van der Waals surface area (Å²) in [5.74, 6) is 1.82. The van der Waals surface area contributed by atoms with Gasteiger partial charge >= 0.3 is 0 Å². The van der Waals surface area contributed by atoms with Gasteiger partial charge in [0.25, 0.3) is 0 Å². The molecule has 0 aromatic rings. The Hall–Kier alpha value is -0.300. The molecule has 0 radical (unpaired) electrons. The smallest absolute Gasteiger partial charge is 0.0892 e. The average molecular weight is 220 g/mol. The van der Waals surface area contributed by atoms with Crippen molar-refractivity contribution in [3.8, 4) is 0 Å². The Morgan fingerprint density at radius 1 is 1.50 bits per heavy atom. The van der Waals surface area contributed by atoms with Crippen molar-refractivity contribution in [1.82, 2.24) is 0 Å². The molecule has 0 bridgehead atoms. The highest BCUT2D eigenvalue weighted by Gasteiger charge is 2.59. The van der Waals surface area contributed by atoms with Crippen LogP contribution < -0.4 is 0 Å². The lowest BCUT2D eigenvalue weighted by Gasteiger charge is -2.21. The number of allylic oxidation sites excluding steroid dienone is 2. The molecule has 0 aromatic heterocycles. The molecule has 1 heterocycles. The van der Waals surface area contributed by atoms with Gasteiger partial charge in [0.05, 0.1) is 11.7 Å². The Morgan fingerprint density at radius 3 is 2.62 bits per heavy atom. The maximum atomic E-state index is 5.67. The predicted octanol–water partition coefficient (Wildman–Crippen LogP) is 3.94. The molecule has 0 N–H and O–H groups in total. The molecule has 0 amide bonds. The highest BCUT2D eigenvalue weighted by atomic mass is 16.6. The molecule has 0 unspecified atom stereocenters. The predicted molar refractivity (Wildman–Crippen MR) is 66.3 cm³/mol. The van der Waals surface area contributed by atoms with E-state index < -0.39 is 0 Å². The van der Waals surface area contributed by atoms with Crippen LogP contribution in [-0.4, -0.2) is 11.7 Å². The molecule has 2 fully saturated rings. The highest BCUT2D eigenvalue weighted by molar-refractivity contribution is 5.29. The number of hydrogen-bond donors (Lipinski definition) is 0. The van der Waals surface area contributed by atoms with Crippen LogP contribution in [0.4, 0.5) is 0 Å². The first-order chi connectivity index (χ1) is 7.46. The minimum Gasteiger partial charge on any atom is -0.367 e. The Labute approximate surface area is 99.3 Å². The van der Waals surface area contributed by atoms with E-state index in [0.717, 1.165) is 11.8 Å². The zero-order valence-corrected chi connectivity index (χ0v) is 11.0. The minimum atomic E-state index is 0.185. The molecular weight excluding hydrogens is 196 g/mol. The quantitative estimate of drug-likeness (QED) is 0.516. The lowest BCUT2D eigenvalue weighted by Crippen LogP contribution is -2.14. The molecule has 1 saturated heterocycles. The van der Waals surface area contributed by atoms with Gasteiger partial charge in [-0.05, 0) is 63.7 Å². The van der Waals surface area contributed by atoms with Gasteiger partial charge in [-0.3, -0.25) is 0 Å². The molecule has 1 aliphatic heterocycles. The van der Waals surface area contributed by atoms with E-state index in [1.54, 1.807) is 5.57 Å². The molecule has 4 atom stereocenters. The van der Waals surface area contributed by atoms with E-state index in [2.05, 4.69) is 33.8 Å². The number of epoxide rings is 1. The Morgan fingerprint density at radius 2 is 2.19 bits per heavy atom. The van der Waals surface area contributed by atoms with Gasteiger partial charge in [0, 0.05) is 0 Å². The lowest BCUT2D eigenvalue weighted by molar-refractivity contribution is 0.277. The molecule has 2 aliphatic carbocycles. The van der Waals surface area contributed by atoms with Gasteiger partial charge in [-0.2, -0.15) is 0 Å². The van der Waals surface area contributed by atoms with Gasteiger partial charge in [-0.25, -0.2) is 0 Å². The van der Waals surface area contributed by atoms with Crippen molar-refractivity contribution < 1.29 is 4.74 Å². The summed E-state index contributed by atoms with van der Waals surface area (Å²) >= 11 is 0. The third-order valence-corrected chi connectivity index (χ3v) is 5.48. The van der Waals surface area contributed by atoms with E-state index in [1.807, 2.05) is 0 Å². The first-order valence-corrected chi connectivity index (χ1v) is 6.80. The van der Waals surface area contributed by atoms with Crippen molar-refractivity contribution in [3.05, 3.63) is 11.6 Å². The van der Waals surface area contributed by atoms with Crippen LogP contribution in [0, 0.1) is 17.3 Å². The van der Waals surface area contributed by atoms with Crippen molar-refractivity contribution in [2.24, 2.45) is 17.3 Å². The number of hydrogen-bond acceptors (Lipinski definition) is 1. The zero-order chi connectivity index (χ0) is 11.6. The first-order valence-electron chi connectivity index (χ1n) is 6.80. The van der Waals surface area contributed by atoms with Crippen LogP contribution in [-0.2, 0) is 4.74 Å². The summed E-state index contributed by atoms with van der Waals surface area (Å²) in [5, 5.41) is 0. The summed E-state index contributed by atoms with van der Waals surface area (Å²) in [6.45, 7) is 9.20. The second-order valence-electron chi connectivity index (χ2n) is 6.83. The summed E-state index contributed by atoms with van der Waals surface area (Å²) < 4.78 is 5.67. The van der Waals surface area contributed by atoms with Crippen molar-refractivity contribution in [2.75, 3.05) is 0 Å². The van der Waals surface area contributed by atoms with Gasteiger partial charge in [0.1, 0.15) is 0 Å². The molecule has 0 spiro atoms. The SMILES string of the molecule is CC1=CC[C@@]2([C@H](C)CC[C@@H]3OC3(C)C)C[C@H]12. The Balaban J connectivity index is 1.51. The van der Waals surface area contributed by atoms with E-state index in [1.165, 1.54) is 25.7 Å². The topological polar surface area (TPSA) is 12.5 Å². The van der Waals surface area contributed by atoms with Crippen LogP contribution >= 0.6 is 0 Å². The summed E-state index contributed by atoms with van der Waals surface area (Å²) in [6.07, 6.45) is 8.44. The van der Waals surface area contributed by atoms with E-state index >= 15 is 0 Å². The molecule has 3 aliphatic rings. The summed E-state index contributed by atoms with van der Waals surface area (Å²) in [4.78, 5) is 0. The van der Waals surface area contributed by atoms with Gasteiger partial charge in [-0.15, -0.1) is 0 Å². The van der Waals surface area contributed by atoms with Gasteiger partial charge in [0.2, 0.25) is 0 Å². The highest BCUT2D eigenvalue weighted by Crippen LogP contribution is 2.68. The maximum absolute atomic E-state index is 5.67. The van der Waals surface area contributed by atoms with Gasteiger partial charge in [-0.1, -0.05) is 18.6 Å². The van der Waals surface area contributed by atoms with Gasteiger partial charge in [0.15, 0.2) is 0 Å². The molecule has 0 aromatic carbocycles.